The number of carbonyl (C=O) groups excluding carboxylic acids is 2. The van der Waals surface area contributed by atoms with Gasteiger partial charge < -0.3 is 28.7 Å². The fourth-order valence-corrected chi connectivity index (χ4v) is 6.38. The Morgan fingerprint density at radius 1 is 0.739 bits per heavy atom. The first-order valence-electron chi connectivity index (χ1n) is 15.4. The van der Waals surface area contributed by atoms with Gasteiger partial charge in [0.25, 0.3) is 11.8 Å². The highest BCUT2D eigenvalue weighted by atomic mass is 16.5. The van der Waals surface area contributed by atoms with E-state index in [9.17, 15) is 9.59 Å². The van der Waals surface area contributed by atoms with Crippen LogP contribution in [0.15, 0.2) is 103 Å². The lowest BCUT2D eigenvalue weighted by Gasteiger charge is -2.35. The van der Waals surface area contributed by atoms with Crippen molar-refractivity contribution in [2.24, 2.45) is 0 Å². The highest BCUT2D eigenvalue weighted by Crippen LogP contribution is 2.35. The zero-order valence-corrected chi connectivity index (χ0v) is 25.9. The number of amides is 2. The Bertz CT molecular complexity index is 1900. The molecule has 5 aromatic rings. The average Bonchev–Trinajstić information content (AvgIpc) is 3.43. The van der Waals surface area contributed by atoms with Gasteiger partial charge in [-0.25, -0.2) is 4.98 Å². The number of hydrogen-bond donors (Lipinski definition) is 0. The van der Waals surface area contributed by atoms with Gasteiger partial charge in [-0.1, -0.05) is 36.4 Å². The first kappa shape index (κ1) is 29.2. The summed E-state index contributed by atoms with van der Waals surface area (Å²) in [5, 5.41) is 0. The van der Waals surface area contributed by atoms with Crippen molar-refractivity contribution in [3.05, 3.63) is 126 Å². The van der Waals surface area contributed by atoms with Crippen molar-refractivity contribution >= 4 is 23.3 Å². The van der Waals surface area contributed by atoms with Crippen LogP contribution in [-0.4, -0.2) is 66.7 Å². The van der Waals surface area contributed by atoms with E-state index < -0.39 is 0 Å². The summed E-state index contributed by atoms with van der Waals surface area (Å²) in [6, 6.07) is 31.0. The van der Waals surface area contributed by atoms with E-state index in [4.69, 9.17) is 9.47 Å². The van der Waals surface area contributed by atoms with Gasteiger partial charge in [-0.15, -0.1) is 0 Å². The van der Waals surface area contributed by atoms with Crippen molar-refractivity contribution in [1.82, 2.24) is 14.5 Å². The van der Waals surface area contributed by atoms with E-state index in [0.717, 1.165) is 52.7 Å². The summed E-state index contributed by atoms with van der Waals surface area (Å²) in [5.41, 5.74) is 5.65. The summed E-state index contributed by atoms with van der Waals surface area (Å²) in [6.07, 6.45) is 1.79. The van der Waals surface area contributed by atoms with Crippen molar-refractivity contribution in [3.8, 4) is 22.6 Å². The minimum Gasteiger partial charge on any atom is -0.497 e. The molecule has 2 amide bonds. The minimum atomic E-state index is -0.142. The lowest BCUT2D eigenvalue weighted by Crippen LogP contribution is -2.49. The van der Waals surface area contributed by atoms with Gasteiger partial charge in [0.15, 0.2) is 0 Å². The van der Waals surface area contributed by atoms with Gasteiger partial charge in [-0.05, 0) is 71.8 Å². The van der Waals surface area contributed by atoms with Crippen LogP contribution in [0, 0.1) is 0 Å². The van der Waals surface area contributed by atoms with Crippen molar-refractivity contribution in [2.45, 2.75) is 13.1 Å². The van der Waals surface area contributed by atoms with Crippen molar-refractivity contribution in [1.29, 1.82) is 0 Å². The topological polar surface area (TPSA) is 80.1 Å². The molecule has 9 nitrogen and oxygen atoms in total. The van der Waals surface area contributed by atoms with Crippen LogP contribution in [0.5, 0.6) is 11.5 Å². The molecule has 46 heavy (non-hydrogen) atoms. The van der Waals surface area contributed by atoms with Gasteiger partial charge >= 0.3 is 0 Å². The number of nitrogens with zero attached hydrogens (tertiary/aromatic N) is 5. The van der Waals surface area contributed by atoms with Crippen LogP contribution in [0.25, 0.3) is 11.1 Å². The average molecular weight is 614 g/mol. The Kier molecular flexibility index (Phi) is 7.88. The Morgan fingerprint density at radius 2 is 1.57 bits per heavy atom. The lowest BCUT2D eigenvalue weighted by atomic mass is 10.0. The fraction of sp³-hybridized carbons (Fsp3) is 0.216. The molecule has 2 aromatic heterocycles. The molecule has 0 aliphatic carbocycles. The summed E-state index contributed by atoms with van der Waals surface area (Å²) >= 11 is 0. The second-order valence-corrected chi connectivity index (χ2v) is 11.4. The quantitative estimate of drug-likeness (QED) is 0.243. The summed E-state index contributed by atoms with van der Waals surface area (Å²) in [5.74, 6) is 2.13. The molecular weight excluding hydrogens is 578 g/mol. The largest absolute Gasteiger partial charge is 0.497 e. The van der Waals surface area contributed by atoms with E-state index in [1.807, 2.05) is 95.9 Å². The van der Waals surface area contributed by atoms with Gasteiger partial charge in [-0.2, -0.15) is 0 Å². The third kappa shape index (κ3) is 5.45. The van der Waals surface area contributed by atoms with Gasteiger partial charge in [0.2, 0.25) is 0 Å². The Hall–Kier alpha value is -5.57. The summed E-state index contributed by atoms with van der Waals surface area (Å²) in [7, 11) is 3.25. The fourth-order valence-electron chi connectivity index (χ4n) is 6.38. The smallest absolute Gasteiger partial charge is 0.270 e. The Labute approximate surface area is 268 Å². The first-order chi connectivity index (χ1) is 22.5. The number of anilines is 2. The number of carbonyl (C=O) groups is 2. The van der Waals surface area contributed by atoms with Crippen molar-refractivity contribution in [2.75, 3.05) is 50.2 Å². The maximum atomic E-state index is 14.2. The van der Waals surface area contributed by atoms with E-state index >= 15 is 0 Å². The Morgan fingerprint density at radius 3 is 2.35 bits per heavy atom. The second kappa shape index (κ2) is 12.4. The van der Waals surface area contributed by atoms with E-state index in [1.54, 1.807) is 31.4 Å². The van der Waals surface area contributed by atoms with Crippen molar-refractivity contribution in [3.63, 3.8) is 0 Å². The number of aromatic nitrogens is 2. The molecule has 0 unspecified atom stereocenters. The molecule has 4 heterocycles. The molecule has 0 bridgehead atoms. The number of methoxy groups -OCH3 is 2. The van der Waals surface area contributed by atoms with Crippen LogP contribution in [-0.2, 0) is 13.1 Å². The van der Waals surface area contributed by atoms with E-state index in [2.05, 4.69) is 14.5 Å². The third-order valence-corrected chi connectivity index (χ3v) is 8.84. The highest BCUT2D eigenvalue weighted by molar-refractivity contribution is 6.07. The van der Waals surface area contributed by atoms with Gasteiger partial charge in [0.05, 0.1) is 27.3 Å². The van der Waals surface area contributed by atoms with Crippen LogP contribution >= 0.6 is 0 Å². The Balaban J connectivity index is 1.15. The highest BCUT2D eigenvalue weighted by Gasteiger charge is 2.30. The van der Waals surface area contributed by atoms with Gasteiger partial charge in [0.1, 0.15) is 23.0 Å². The van der Waals surface area contributed by atoms with Crippen molar-refractivity contribution < 1.29 is 19.1 Å². The summed E-state index contributed by atoms with van der Waals surface area (Å²) < 4.78 is 13.2. The van der Waals surface area contributed by atoms with E-state index in [-0.39, 0.29) is 11.8 Å². The molecule has 7 rings (SSSR count). The molecule has 0 radical (unpaired) electrons. The molecule has 0 saturated carbocycles. The molecule has 1 fully saturated rings. The molecular formula is C37H35N5O4. The van der Waals surface area contributed by atoms with Gasteiger partial charge in [0, 0.05) is 54.9 Å². The number of ether oxygens (including phenoxy) is 2. The maximum absolute atomic E-state index is 14.2. The number of para-hydroxylation sites is 1. The molecule has 0 atom stereocenters. The number of hydrogen-bond acceptors (Lipinski definition) is 6. The third-order valence-electron chi connectivity index (χ3n) is 8.84. The first-order valence-corrected chi connectivity index (χ1v) is 15.4. The predicted molar refractivity (Wildman–Crippen MR) is 178 cm³/mol. The molecule has 2 aliphatic heterocycles. The predicted octanol–water partition coefficient (Wildman–Crippen LogP) is 5.74. The molecule has 2 aliphatic rings. The molecule has 9 heteroatoms. The molecule has 1 saturated heterocycles. The number of benzene rings is 3. The normalized spacial score (nSPS) is 14.3. The maximum Gasteiger partial charge on any atom is 0.270 e. The molecule has 3 aromatic carbocycles. The van der Waals surface area contributed by atoms with Crippen LogP contribution in [0.2, 0.25) is 0 Å². The second-order valence-electron chi connectivity index (χ2n) is 11.4. The van der Waals surface area contributed by atoms with E-state index in [1.165, 1.54) is 0 Å². The zero-order valence-electron chi connectivity index (χ0n) is 25.9. The number of piperazine rings is 1. The monoisotopic (exact) mass is 613 g/mol. The van der Waals surface area contributed by atoms with Crippen LogP contribution in [0.1, 0.15) is 32.1 Å². The number of pyridine rings is 1. The summed E-state index contributed by atoms with van der Waals surface area (Å²) in [4.78, 5) is 38.5. The van der Waals surface area contributed by atoms with Crippen LogP contribution in [0.4, 0.5) is 11.5 Å². The van der Waals surface area contributed by atoms with E-state index in [0.29, 0.717) is 43.2 Å². The van der Waals surface area contributed by atoms with Crippen LogP contribution in [0.3, 0.4) is 0 Å². The number of fused-ring (bicyclic) bond motifs is 2. The minimum absolute atomic E-state index is 0.00189. The summed E-state index contributed by atoms with van der Waals surface area (Å²) in [6.45, 7) is 3.50. The zero-order chi connectivity index (χ0) is 31.6. The molecule has 232 valence electrons. The number of rotatable bonds is 6. The van der Waals surface area contributed by atoms with Crippen LogP contribution < -0.4 is 19.3 Å². The standard InChI is InChI=1S/C37H35N5O4/c1-45-30-10-7-9-26(22-30)31-15-13-27(23-34(31)46-2)36(43)42-25-29-14-16-33(41(29)24-28-8-3-4-11-32(28)42)37(44)40-20-18-39(19-21-40)35-12-5-6-17-38-35/h3-17,22-23H,18-21,24-25H2,1-2H3. The van der Waals surface area contributed by atoms with Gasteiger partial charge in [-0.3, -0.25) is 9.59 Å². The lowest BCUT2D eigenvalue weighted by molar-refractivity contribution is 0.0735. The molecule has 0 spiro atoms. The molecule has 0 N–H and O–H groups in total. The SMILES string of the molecule is COc1cccc(-c2ccc(C(=O)N3Cc4ccc(C(=O)N5CCN(c6ccccn6)CC5)n4Cc4ccccc43)cc2OC)c1.